The van der Waals surface area contributed by atoms with Crippen LogP contribution in [0.4, 0.5) is 11.4 Å². The van der Waals surface area contributed by atoms with Gasteiger partial charge in [-0.15, -0.1) is 0 Å². The van der Waals surface area contributed by atoms with E-state index >= 15 is 0 Å². The molecule has 0 amide bonds. The highest BCUT2D eigenvalue weighted by Crippen LogP contribution is 2.32. The number of nitrogens with one attached hydrogen (secondary N) is 1. The summed E-state index contributed by atoms with van der Waals surface area (Å²) in [6.07, 6.45) is 0.825. The number of nitro benzene ring substituents is 1. The van der Waals surface area contributed by atoms with Crippen molar-refractivity contribution < 1.29 is 14.8 Å². The van der Waals surface area contributed by atoms with Crippen LogP contribution in [-0.4, -0.2) is 42.2 Å². The first-order chi connectivity index (χ1) is 9.11. The highest BCUT2D eigenvalue weighted by Gasteiger charge is 2.26. The smallest absolute Gasteiger partial charge is 0.338 e. The summed E-state index contributed by atoms with van der Waals surface area (Å²) in [6.45, 7) is 2.69. The number of nitrogens with zero attached hydrogens (tertiary/aromatic N) is 2. The lowest BCUT2D eigenvalue weighted by molar-refractivity contribution is -0.384. The predicted octanol–water partition coefficient (Wildman–Crippen LogP) is 1.09. The van der Waals surface area contributed by atoms with E-state index in [1.807, 2.05) is 0 Å². The molecule has 1 aliphatic heterocycles. The second-order valence-electron chi connectivity index (χ2n) is 4.33. The van der Waals surface area contributed by atoms with E-state index in [-0.39, 0.29) is 16.9 Å². The third kappa shape index (κ3) is 2.82. The summed E-state index contributed by atoms with van der Waals surface area (Å²) in [7, 11) is 0. The molecule has 1 aliphatic rings. The Morgan fingerprint density at radius 1 is 1.37 bits per heavy atom. The summed E-state index contributed by atoms with van der Waals surface area (Å²) in [5.41, 5.74) is 0.0431. The topological polar surface area (TPSA) is 95.7 Å². The highest BCUT2D eigenvalue weighted by atomic mass is 16.6. The standard InChI is InChI=1S/C12H15N3O4/c16-12(17)9-3-1-4-10(15(18)19)11(9)14-7-2-5-13-6-8-14/h1,3-4,13H,2,5-8H2,(H,16,17). The molecule has 1 saturated heterocycles. The molecule has 0 saturated carbocycles. The van der Waals surface area contributed by atoms with E-state index in [1.54, 1.807) is 4.90 Å². The molecule has 0 spiro atoms. The number of carboxylic acid groups (broad SMARTS) is 1. The fourth-order valence-electron chi connectivity index (χ4n) is 2.25. The van der Waals surface area contributed by atoms with E-state index in [9.17, 15) is 20.0 Å². The molecule has 1 aromatic rings. The van der Waals surface area contributed by atoms with E-state index in [2.05, 4.69) is 5.32 Å². The van der Waals surface area contributed by atoms with Crippen LogP contribution >= 0.6 is 0 Å². The Labute approximate surface area is 110 Å². The third-order valence-corrected chi connectivity index (χ3v) is 3.10. The summed E-state index contributed by atoms with van der Waals surface area (Å²) in [4.78, 5) is 23.6. The van der Waals surface area contributed by atoms with Gasteiger partial charge in [-0.05, 0) is 19.0 Å². The number of hydrogen-bond donors (Lipinski definition) is 2. The van der Waals surface area contributed by atoms with Gasteiger partial charge in [-0.25, -0.2) is 4.79 Å². The largest absolute Gasteiger partial charge is 0.478 e. The minimum absolute atomic E-state index is 0.0175. The van der Waals surface area contributed by atoms with Gasteiger partial charge in [0.05, 0.1) is 10.5 Å². The van der Waals surface area contributed by atoms with E-state index in [0.29, 0.717) is 19.6 Å². The number of carboxylic acids is 1. The van der Waals surface area contributed by atoms with Crippen molar-refractivity contribution in [2.24, 2.45) is 0 Å². The molecule has 1 heterocycles. The molecule has 2 rings (SSSR count). The van der Waals surface area contributed by atoms with Crippen LogP contribution in [0.25, 0.3) is 0 Å². The van der Waals surface area contributed by atoms with Gasteiger partial charge in [-0.3, -0.25) is 10.1 Å². The third-order valence-electron chi connectivity index (χ3n) is 3.10. The molecule has 0 aromatic heterocycles. The van der Waals surface area contributed by atoms with Crippen LogP contribution in [0.1, 0.15) is 16.8 Å². The number of nitro groups is 1. The maximum absolute atomic E-state index is 11.3. The van der Waals surface area contributed by atoms with Gasteiger partial charge in [-0.2, -0.15) is 0 Å². The van der Waals surface area contributed by atoms with Gasteiger partial charge in [0.2, 0.25) is 0 Å². The van der Waals surface area contributed by atoms with Crippen molar-refractivity contribution in [3.05, 3.63) is 33.9 Å². The number of anilines is 1. The maximum atomic E-state index is 11.3. The van der Waals surface area contributed by atoms with Crippen LogP contribution in [-0.2, 0) is 0 Å². The molecule has 1 aromatic carbocycles. The van der Waals surface area contributed by atoms with Gasteiger partial charge in [0.25, 0.3) is 5.69 Å². The fraction of sp³-hybridized carbons (Fsp3) is 0.417. The van der Waals surface area contributed by atoms with Crippen molar-refractivity contribution in [2.45, 2.75) is 6.42 Å². The summed E-state index contributed by atoms with van der Waals surface area (Å²) in [6, 6.07) is 4.16. The van der Waals surface area contributed by atoms with Crippen LogP contribution in [0.3, 0.4) is 0 Å². The number of aromatic carboxylic acids is 1. The number of para-hydroxylation sites is 1. The fourth-order valence-corrected chi connectivity index (χ4v) is 2.25. The molecule has 0 unspecified atom stereocenters. The van der Waals surface area contributed by atoms with Crippen LogP contribution < -0.4 is 10.2 Å². The molecule has 7 heteroatoms. The van der Waals surface area contributed by atoms with Crippen molar-refractivity contribution in [1.82, 2.24) is 5.32 Å². The molecule has 0 aliphatic carbocycles. The number of hydrogen-bond acceptors (Lipinski definition) is 5. The first-order valence-corrected chi connectivity index (χ1v) is 6.07. The maximum Gasteiger partial charge on any atom is 0.338 e. The van der Waals surface area contributed by atoms with Crippen molar-refractivity contribution in [3.63, 3.8) is 0 Å². The zero-order valence-electron chi connectivity index (χ0n) is 10.3. The van der Waals surface area contributed by atoms with Crippen LogP contribution in [0.15, 0.2) is 18.2 Å². The Hall–Kier alpha value is -2.15. The Bertz CT molecular complexity index is 463. The molecule has 102 valence electrons. The minimum atomic E-state index is -1.14. The van der Waals surface area contributed by atoms with Gasteiger partial charge in [0.15, 0.2) is 0 Å². The molecule has 7 nitrogen and oxygen atoms in total. The summed E-state index contributed by atoms with van der Waals surface area (Å²) < 4.78 is 0. The second kappa shape index (κ2) is 5.66. The van der Waals surface area contributed by atoms with Crippen molar-refractivity contribution in [3.8, 4) is 0 Å². The lowest BCUT2D eigenvalue weighted by Crippen LogP contribution is -2.30. The minimum Gasteiger partial charge on any atom is -0.478 e. The molecule has 19 heavy (non-hydrogen) atoms. The summed E-state index contributed by atoms with van der Waals surface area (Å²) in [5.74, 6) is -1.14. The van der Waals surface area contributed by atoms with E-state index in [0.717, 1.165) is 13.0 Å². The van der Waals surface area contributed by atoms with Crippen LogP contribution in [0.2, 0.25) is 0 Å². The lowest BCUT2D eigenvalue weighted by Gasteiger charge is -2.23. The van der Waals surface area contributed by atoms with Gasteiger partial charge in [-0.1, -0.05) is 6.07 Å². The monoisotopic (exact) mass is 265 g/mol. The van der Waals surface area contributed by atoms with Crippen molar-refractivity contribution in [2.75, 3.05) is 31.1 Å². The molecule has 0 radical (unpaired) electrons. The number of carbonyl (C=O) groups is 1. The molecule has 0 bridgehead atoms. The van der Waals surface area contributed by atoms with E-state index in [1.165, 1.54) is 18.2 Å². The summed E-state index contributed by atoms with van der Waals surface area (Å²) in [5, 5.41) is 23.5. The average Bonchev–Trinajstić information content (AvgIpc) is 2.66. The van der Waals surface area contributed by atoms with Gasteiger partial charge < -0.3 is 15.3 Å². The Morgan fingerprint density at radius 3 is 2.84 bits per heavy atom. The molecule has 2 N–H and O–H groups in total. The molecule has 1 fully saturated rings. The zero-order valence-corrected chi connectivity index (χ0v) is 10.3. The highest BCUT2D eigenvalue weighted by molar-refractivity contribution is 5.97. The first-order valence-electron chi connectivity index (χ1n) is 6.07. The zero-order chi connectivity index (χ0) is 13.8. The average molecular weight is 265 g/mol. The van der Waals surface area contributed by atoms with Gasteiger partial charge in [0, 0.05) is 25.7 Å². The number of rotatable bonds is 3. The van der Waals surface area contributed by atoms with Crippen LogP contribution in [0, 0.1) is 10.1 Å². The van der Waals surface area contributed by atoms with Crippen LogP contribution in [0.5, 0.6) is 0 Å². The number of benzene rings is 1. The normalized spacial score (nSPS) is 15.9. The van der Waals surface area contributed by atoms with Gasteiger partial charge >= 0.3 is 5.97 Å². The quantitative estimate of drug-likeness (QED) is 0.627. The molecular weight excluding hydrogens is 250 g/mol. The SMILES string of the molecule is O=C(O)c1cccc([N+](=O)[O-])c1N1CCCNCC1. The molecular formula is C12H15N3O4. The predicted molar refractivity (Wildman–Crippen MR) is 69.8 cm³/mol. The summed E-state index contributed by atoms with van der Waals surface area (Å²) >= 11 is 0. The van der Waals surface area contributed by atoms with Crippen molar-refractivity contribution >= 4 is 17.3 Å². The Balaban J connectivity index is 2.50. The first kappa shape index (κ1) is 13.3. The molecule has 0 atom stereocenters. The van der Waals surface area contributed by atoms with Crippen molar-refractivity contribution in [1.29, 1.82) is 0 Å². The van der Waals surface area contributed by atoms with E-state index in [4.69, 9.17) is 0 Å². The lowest BCUT2D eigenvalue weighted by atomic mass is 10.1. The Morgan fingerprint density at radius 2 is 2.16 bits per heavy atom. The second-order valence-corrected chi connectivity index (χ2v) is 4.33. The van der Waals surface area contributed by atoms with E-state index < -0.39 is 10.9 Å². The van der Waals surface area contributed by atoms with Gasteiger partial charge in [0.1, 0.15) is 5.69 Å². The Kier molecular flexibility index (Phi) is 3.96.